The molecular formula is C17H18N2O. The number of hydrogen-bond acceptors (Lipinski definition) is 2. The number of carbonyl (C=O) groups is 1. The summed E-state index contributed by atoms with van der Waals surface area (Å²) < 4.78 is 0. The van der Waals surface area contributed by atoms with Gasteiger partial charge in [-0.2, -0.15) is 0 Å². The summed E-state index contributed by atoms with van der Waals surface area (Å²) >= 11 is 0. The minimum atomic E-state index is -0.0443. The van der Waals surface area contributed by atoms with E-state index in [1.54, 1.807) is 0 Å². The molecule has 3 rings (SSSR count). The third-order valence-electron chi connectivity index (χ3n) is 3.78. The molecule has 2 aromatic rings. The fraction of sp³-hybridized carbons (Fsp3) is 0.235. The van der Waals surface area contributed by atoms with Crippen molar-refractivity contribution >= 4 is 11.6 Å². The number of hydrogen-bond donors (Lipinski definition) is 2. The Bertz CT molecular complexity index is 650. The first-order valence-electron chi connectivity index (χ1n) is 6.86. The molecule has 102 valence electrons. The fourth-order valence-electron chi connectivity index (χ4n) is 2.77. The van der Waals surface area contributed by atoms with Crippen molar-refractivity contribution in [2.45, 2.75) is 25.8 Å². The Hall–Kier alpha value is -2.13. The lowest BCUT2D eigenvalue weighted by atomic mass is 9.95. The number of fused-ring (bicyclic) bond motifs is 1. The number of carbonyl (C=O) groups excluding carboxylic acids is 1. The summed E-state index contributed by atoms with van der Waals surface area (Å²) in [7, 11) is 0. The molecule has 1 amide bonds. The second-order valence-electron chi connectivity index (χ2n) is 5.39. The zero-order chi connectivity index (χ0) is 14.1. The third kappa shape index (κ3) is 2.45. The summed E-state index contributed by atoms with van der Waals surface area (Å²) in [5.41, 5.74) is 11.8. The predicted molar refractivity (Wildman–Crippen MR) is 80.6 cm³/mol. The van der Waals surface area contributed by atoms with Crippen molar-refractivity contribution in [2.75, 3.05) is 5.32 Å². The van der Waals surface area contributed by atoms with Gasteiger partial charge in [0, 0.05) is 11.7 Å². The van der Waals surface area contributed by atoms with Crippen LogP contribution in [0.5, 0.6) is 0 Å². The molecule has 0 spiro atoms. The Labute approximate surface area is 118 Å². The summed E-state index contributed by atoms with van der Waals surface area (Å²) in [5, 5.41) is 2.90. The maximum atomic E-state index is 11.5. The molecule has 1 aliphatic heterocycles. The number of amides is 1. The van der Waals surface area contributed by atoms with E-state index in [1.165, 1.54) is 5.56 Å². The molecule has 3 N–H and O–H groups in total. The topological polar surface area (TPSA) is 55.1 Å². The van der Waals surface area contributed by atoms with E-state index in [2.05, 4.69) is 29.6 Å². The summed E-state index contributed by atoms with van der Waals surface area (Å²) in [4.78, 5) is 11.5. The fourth-order valence-corrected chi connectivity index (χ4v) is 2.77. The predicted octanol–water partition coefficient (Wildman–Crippen LogP) is 2.73. The molecule has 0 aliphatic carbocycles. The third-order valence-corrected chi connectivity index (χ3v) is 3.78. The highest BCUT2D eigenvalue weighted by Crippen LogP contribution is 2.30. The van der Waals surface area contributed by atoms with Crippen LogP contribution in [0.3, 0.4) is 0 Å². The molecule has 1 unspecified atom stereocenters. The van der Waals surface area contributed by atoms with Crippen LogP contribution in [0.2, 0.25) is 0 Å². The van der Waals surface area contributed by atoms with Crippen molar-refractivity contribution in [2.24, 2.45) is 5.73 Å². The lowest BCUT2D eigenvalue weighted by molar-refractivity contribution is -0.115. The number of benzene rings is 2. The molecule has 0 radical (unpaired) electrons. The summed E-state index contributed by atoms with van der Waals surface area (Å²) in [6.45, 7) is 2.02. The second-order valence-corrected chi connectivity index (χ2v) is 5.39. The van der Waals surface area contributed by atoms with Gasteiger partial charge in [-0.25, -0.2) is 0 Å². The smallest absolute Gasteiger partial charge is 0.228 e. The van der Waals surface area contributed by atoms with Crippen LogP contribution in [0.1, 0.15) is 28.3 Å². The zero-order valence-corrected chi connectivity index (χ0v) is 11.5. The van der Waals surface area contributed by atoms with Crippen LogP contribution in [-0.2, 0) is 17.6 Å². The normalized spacial score (nSPS) is 14.8. The van der Waals surface area contributed by atoms with Gasteiger partial charge >= 0.3 is 0 Å². The van der Waals surface area contributed by atoms with Crippen LogP contribution in [0, 0.1) is 6.92 Å². The standard InChI is InChI=1S/C17H18N2O/c1-11-7-13(9-14-10-16(20)19-17(11)14)15(18)8-12-5-3-2-4-6-12/h2-7,9,15H,8,10,18H2,1H3,(H,19,20). The minimum Gasteiger partial charge on any atom is -0.325 e. The Morgan fingerprint density at radius 3 is 2.75 bits per heavy atom. The maximum Gasteiger partial charge on any atom is 0.228 e. The van der Waals surface area contributed by atoms with E-state index in [1.807, 2.05) is 25.1 Å². The molecule has 0 saturated carbocycles. The molecular weight excluding hydrogens is 248 g/mol. The molecule has 3 nitrogen and oxygen atoms in total. The Kier molecular flexibility index (Phi) is 3.28. The molecule has 0 bridgehead atoms. The van der Waals surface area contributed by atoms with E-state index in [0.717, 1.165) is 28.8 Å². The SMILES string of the molecule is Cc1cc(C(N)Cc2ccccc2)cc2c1NC(=O)C2. The number of rotatable bonds is 3. The first-order chi connectivity index (χ1) is 9.63. The van der Waals surface area contributed by atoms with Crippen LogP contribution in [0.4, 0.5) is 5.69 Å². The Morgan fingerprint density at radius 1 is 1.25 bits per heavy atom. The van der Waals surface area contributed by atoms with Gasteiger partial charge in [0.2, 0.25) is 5.91 Å². The van der Waals surface area contributed by atoms with Gasteiger partial charge in [-0.15, -0.1) is 0 Å². The van der Waals surface area contributed by atoms with Gasteiger partial charge in [-0.3, -0.25) is 4.79 Å². The highest BCUT2D eigenvalue weighted by atomic mass is 16.1. The van der Waals surface area contributed by atoms with E-state index < -0.39 is 0 Å². The number of nitrogens with two attached hydrogens (primary N) is 1. The summed E-state index contributed by atoms with van der Waals surface area (Å²) in [6.07, 6.45) is 1.27. The molecule has 20 heavy (non-hydrogen) atoms. The van der Waals surface area contributed by atoms with Gasteiger partial charge in [0.25, 0.3) is 0 Å². The van der Waals surface area contributed by atoms with E-state index in [4.69, 9.17) is 5.73 Å². The Morgan fingerprint density at radius 2 is 2.00 bits per heavy atom. The molecule has 0 saturated heterocycles. The van der Waals surface area contributed by atoms with Crippen molar-refractivity contribution in [3.63, 3.8) is 0 Å². The van der Waals surface area contributed by atoms with Gasteiger partial charge in [-0.05, 0) is 35.6 Å². The maximum absolute atomic E-state index is 11.5. The first-order valence-corrected chi connectivity index (χ1v) is 6.86. The first kappa shape index (κ1) is 12.9. The highest BCUT2D eigenvalue weighted by Gasteiger charge is 2.21. The molecule has 0 fully saturated rings. The monoisotopic (exact) mass is 266 g/mol. The molecule has 0 aromatic heterocycles. The summed E-state index contributed by atoms with van der Waals surface area (Å²) in [5.74, 6) is 0.0666. The van der Waals surface area contributed by atoms with Gasteiger partial charge in [-0.1, -0.05) is 42.5 Å². The molecule has 1 heterocycles. The van der Waals surface area contributed by atoms with Crippen LogP contribution >= 0.6 is 0 Å². The molecule has 3 heteroatoms. The van der Waals surface area contributed by atoms with E-state index in [9.17, 15) is 4.79 Å². The van der Waals surface area contributed by atoms with Crippen LogP contribution < -0.4 is 11.1 Å². The van der Waals surface area contributed by atoms with Crippen molar-refractivity contribution in [3.8, 4) is 0 Å². The van der Waals surface area contributed by atoms with Crippen molar-refractivity contribution in [1.29, 1.82) is 0 Å². The minimum absolute atomic E-state index is 0.0443. The molecule has 2 aromatic carbocycles. The van der Waals surface area contributed by atoms with Crippen molar-refractivity contribution in [1.82, 2.24) is 0 Å². The average Bonchev–Trinajstić information content (AvgIpc) is 2.81. The van der Waals surface area contributed by atoms with E-state index >= 15 is 0 Å². The number of nitrogens with one attached hydrogen (secondary N) is 1. The van der Waals surface area contributed by atoms with Crippen LogP contribution in [0.25, 0.3) is 0 Å². The van der Waals surface area contributed by atoms with Crippen molar-refractivity contribution in [3.05, 3.63) is 64.7 Å². The number of aryl methyl sites for hydroxylation is 1. The van der Waals surface area contributed by atoms with Gasteiger partial charge in [0.1, 0.15) is 0 Å². The average molecular weight is 266 g/mol. The molecule has 1 aliphatic rings. The second kappa shape index (κ2) is 5.10. The Balaban J connectivity index is 1.86. The zero-order valence-electron chi connectivity index (χ0n) is 11.5. The highest BCUT2D eigenvalue weighted by molar-refractivity contribution is 6.00. The van der Waals surface area contributed by atoms with Gasteiger partial charge in [0.05, 0.1) is 6.42 Å². The van der Waals surface area contributed by atoms with Crippen molar-refractivity contribution < 1.29 is 4.79 Å². The molecule has 1 atom stereocenters. The number of anilines is 1. The lowest BCUT2D eigenvalue weighted by Gasteiger charge is -2.15. The van der Waals surface area contributed by atoms with Gasteiger partial charge in [0.15, 0.2) is 0 Å². The van der Waals surface area contributed by atoms with Gasteiger partial charge < -0.3 is 11.1 Å². The van der Waals surface area contributed by atoms with Crippen LogP contribution in [-0.4, -0.2) is 5.91 Å². The lowest BCUT2D eigenvalue weighted by Crippen LogP contribution is -2.14. The summed E-state index contributed by atoms with van der Waals surface area (Å²) in [6, 6.07) is 14.3. The van der Waals surface area contributed by atoms with E-state index in [-0.39, 0.29) is 11.9 Å². The van der Waals surface area contributed by atoms with E-state index in [0.29, 0.717) is 6.42 Å². The quantitative estimate of drug-likeness (QED) is 0.897. The van der Waals surface area contributed by atoms with Crippen LogP contribution in [0.15, 0.2) is 42.5 Å². The largest absolute Gasteiger partial charge is 0.325 e.